The van der Waals surface area contributed by atoms with Crippen molar-refractivity contribution in [2.24, 2.45) is 0 Å². The second-order valence-corrected chi connectivity index (χ2v) is 10.6. The molecule has 3 aliphatic rings. The van der Waals surface area contributed by atoms with Crippen LogP contribution in [0.4, 0.5) is 0 Å². The third-order valence-corrected chi connectivity index (χ3v) is 8.05. The average Bonchev–Trinajstić information content (AvgIpc) is 3.40. The molecule has 176 valence electrons. The summed E-state index contributed by atoms with van der Waals surface area (Å²) in [6.45, 7) is 3.80. The summed E-state index contributed by atoms with van der Waals surface area (Å²) in [5.74, 6) is 0.921. The Morgan fingerprint density at radius 2 is 1.58 bits per heavy atom. The van der Waals surface area contributed by atoms with E-state index in [1.165, 1.54) is 19.3 Å². The summed E-state index contributed by atoms with van der Waals surface area (Å²) in [7, 11) is -4.25. The van der Waals surface area contributed by atoms with Crippen molar-refractivity contribution < 1.29 is 27.6 Å². The van der Waals surface area contributed by atoms with Crippen LogP contribution < -0.4 is 4.74 Å². The van der Waals surface area contributed by atoms with Crippen LogP contribution in [0.25, 0.3) is 11.1 Å². The van der Waals surface area contributed by atoms with Crippen molar-refractivity contribution >= 4 is 21.3 Å². The van der Waals surface area contributed by atoms with Gasteiger partial charge in [-0.15, -0.1) is 0 Å². The molecule has 3 heterocycles. The molecule has 2 bridgehead atoms. The minimum absolute atomic E-state index is 0.159. The Labute approximate surface area is 194 Å². The summed E-state index contributed by atoms with van der Waals surface area (Å²) in [5, 5.41) is 8.68. The third kappa shape index (κ3) is 4.66. The number of phenolic OH excluding ortho intramolecular Hbond substituents is 1. The number of fused-ring (bicyclic) bond motifs is 2. The van der Waals surface area contributed by atoms with E-state index >= 15 is 0 Å². The van der Waals surface area contributed by atoms with Gasteiger partial charge < -0.3 is 14.6 Å². The molecule has 2 fully saturated rings. The van der Waals surface area contributed by atoms with Gasteiger partial charge in [-0.3, -0.25) is 9.45 Å². The van der Waals surface area contributed by atoms with E-state index in [0.29, 0.717) is 6.61 Å². The molecule has 0 spiro atoms. The fourth-order valence-corrected chi connectivity index (χ4v) is 6.14. The summed E-state index contributed by atoms with van der Waals surface area (Å²) in [6, 6.07) is 14.4. The van der Waals surface area contributed by atoms with Crippen molar-refractivity contribution in [1.29, 1.82) is 0 Å². The fraction of sp³-hybridized carbons (Fsp3) is 0.440. The lowest BCUT2D eigenvalue weighted by Gasteiger charge is -2.26. The van der Waals surface area contributed by atoms with Gasteiger partial charge in [0.2, 0.25) is 0 Å². The topological polar surface area (TPSA) is 96.3 Å². The van der Waals surface area contributed by atoms with Crippen LogP contribution in [0.1, 0.15) is 36.8 Å². The van der Waals surface area contributed by atoms with Gasteiger partial charge in [-0.05, 0) is 78.9 Å². The highest BCUT2D eigenvalue weighted by Gasteiger charge is 2.52. The first-order valence-electron chi connectivity index (χ1n) is 11.5. The van der Waals surface area contributed by atoms with Crippen molar-refractivity contribution in [3.63, 3.8) is 0 Å². The second kappa shape index (κ2) is 9.10. The van der Waals surface area contributed by atoms with Gasteiger partial charge in [0.25, 0.3) is 10.1 Å². The van der Waals surface area contributed by atoms with Crippen LogP contribution in [0.5, 0.6) is 11.5 Å². The summed E-state index contributed by atoms with van der Waals surface area (Å²) in [6.07, 6.45) is 2.86. The second-order valence-electron chi connectivity index (χ2n) is 8.98. The predicted octanol–water partition coefficient (Wildman–Crippen LogP) is 3.60. The van der Waals surface area contributed by atoms with Crippen molar-refractivity contribution in [1.82, 2.24) is 4.90 Å². The van der Waals surface area contributed by atoms with E-state index in [2.05, 4.69) is 4.90 Å². The van der Waals surface area contributed by atoms with Crippen LogP contribution in [0, 0.1) is 0 Å². The highest BCUT2D eigenvalue weighted by molar-refractivity contribution is 7.86. The first kappa shape index (κ1) is 22.4. The number of ether oxygens (including phenoxy) is 2. The number of rotatable bonds is 7. The molecule has 2 N–H and O–H groups in total. The molecule has 33 heavy (non-hydrogen) atoms. The standard InChI is InChI=1S/C25H29NO6S/c27-19-8-4-17(5-9-19)23-21-16-22(33(28,29)30)25(32-21)24(23)18-6-10-20(11-7-18)31-15-14-26-12-2-1-3-13-26/h4-11,21-22,25,27H,1-3,12-16H2,(H,28,29,30)/t21-,22+,25+/m0/s1. The fourth-order valence-electron chi connectivity index (χ4n) is 5.21. The van der Waals surface area contributed by atoms with Crippen molar-refractivity contribution in [3.8, 4) is 11.5 Å². The smallest absolute Gasteiger partial charge is 0.270 e. The predicted molar refractivity (Wildman–Crippen MR) is 126 cm³/mol. The molecule has 0 aromatic heterocycles. The maximum Gasteiger partial charge on any atom is 0.270 e. The molecule has 7 nitrogen and oxygen atoms in total. The number of likely N-dealkylation sites (tertiary alicyclic amines) is 1. The van der Waals surface area contributed by atoms with Gasteiger partial charge in [0, 0.05) is 6.54 Å². The number of aromatic hydroxyl groups is 1. The molecule has 0 aliphatic carbocycles. The van der Waals surface area contributed by atoms with E-state index in [4.69, 9.17) is 9.47 Å². The van der Waals surface area contributed by atoms with Crippen molar-refractivity contribution in [3.05, 3.63) is 59.7 Å². The maximum atomic E-state index is 12.0. The monoisotopic (exact) mass is 471 g/mol. The van der Waals surface area contributed by atoms with Crippen molar-refractivity contribution in [2.75, 3.05) is 26.2 Å². The van der Waals surface area contributed by atoms with Crippen LogP contribution in [0.15, 0.2) is 48.5 Å². The molecule has 0 saturated carbocycles. The zero-order valence-corrected chi connectivity index (χ0v) is 19.2. The Kier molecular flexibility index (Phi) is 6.18. The van der Waals surface area contributed by atoms with E-state index in [1.54, 1.807) is 24.3 Å². The number of phenols is 1. The van der Waals surface area contributed by atoms with Gasteiger partial charge in [0.05, 0.1) is 6.10 Å². The molecule has 2 aromatic rings. The molecule has 3 atom stereocenters. The molecule has 2 aromatic carbocycles. The molecular formula is C25H29NO6S. The summed E-state index contributed by atoms with van der Waals surface area (Å²) in [5.41, 5.74) is 3.37. The van der Waals surface area contributed by atoms with Crippen LogP contribution in [-0.2, 0) is 14.9 Å². The average molecular weight is 472 g/mol. The lowest BCUT2D eigenvalue weighted by molar-refractivity contribution is 0.128. The van der Waals surface area contributed by atoms with Gasteiger partial charge in [0.1, 0.15) is 29.5 Å². The van der Waals surface area contributed by atoms with E-state index in [0.717, 1.165) is 47.7 Å². The minimum Gasteiger partial charge on any atom is -0.508 e. The van der Waals surface area contributed by atoms with Gasteiger partial charge >= 0.3 is 0 Å². The summed E-state index contributed by atoms with van der Waals surface area (Å²) < 4.78 is 45.7. The third-order valence-electron chi connectivity index (χ3n) is 6.84. The molecular weight excluding hydrogens is 442 g/mol. The van der Waals surface area contributed by atoms with E-state index < -0.39 is 27.6 Å². The van der Waals surface area contributed by atoms with Crippen LogP contribution in [0.3, 0.4) is 0 Å². The van der Waals surface area contributed by atoms with E-state index in [-0.39, 0.29) is 12.2 Å². The largest absolute Gasteiger partial charge is 0.508 e. The lowest BCUT2D eigenvalue weighted by atomic mass is 9.83. The van der Waals surface area contributed by atoms with Gasteiger partial charge in [0.15, 0.2) is 0 Å². The highest BCUT2D eigenvalue weighted by atomic mass is 32.2. The quantitative estimate of drug-likeness (QED) is 0.596. The Balaban J connectivity index is 1.39. The molecule has 2 saturated heterocycles. The van der Waals surface area contributed by atoms with E-state index in [9.17, 15) is 18.1 Å². The summed E-state index contributed by atoms with van der Waals surface area (Å²) in [4.78, 5) is 2.43. The first-order valence-corrected chi connectivity index (χ1v) is 13.0. The molecule has 0 radical (unpaired) electrons. The van der Waals surface area contributed by atoms with Crippen LogP contribution in [-0.4, -0.2) is 66.7 Å². The Morgan fingerprint density at radius 3 is 2.24 bits per heavy atom. The molecule has 0 amide bonds. The van der Waals surface area contributed by atoms with Crippen LogP contribution >= 0.6 is 0 Å². The van der Waals surface area contributed by atoms with E-state index in [1.807, 2.05) is 24.3 Å². The number of piperidine rings is 1. The first-order chi connectivity index (χ1) is 15.9. The number of hydrogen-bond donors (Lipinski definition) is 2. The van der Waals surface area contributed by atoms with Gasteiger partial charge in [-0.1, -0.05) is 30.7 Å². The molecule has 3 aliphatic heterocycles. The lowest BCUT2D eigenvalue weighted by Crippen LogP contribution is -2.33. The SMILES string of the molecule is O=S(=O)(O)[C@@H]1C[C@@H]2O[C@H]1C(c1ccc(OCCN3CCCCC3)cc1)=C2c1ccc(O)cc1. The Hall–Kier alpha value is -2.39. The van der Waals surface area contributed by atoms with Gasteiger partial charge in [-0.2, -0.15) is 8.42 Å². The van der Waals surface area contributed by atoms with Crippen molar-refractivity contribution in [2.45, 2.75) is 43.1 Å². The maximum absolute atomic E-state index is 12.0. The minimum atomic E-state index is -4.25. The Bertz CT molecular complexity index is 1120. The summed E-state index contributed by atoms with van der Waals surface area (Å²) >= 11 is 0. The number of benzene rings is 2. The zero-order chi connectivity index (χ0) is 23.0. The normalized spacial score (nSPS) is 25.5. The van der Waals surface area contributed by atoms with Gasteiger partial charge in [-0.25, -0.2) is 0 Å². The number of hydrogen-bond acceptors (Lipinski definition) is 6. The molecule has 5 rings (SSSR count). The zero-order valence-electron chi connectivity index (χ0n) is 18.4. The number of nitrogens with zero attached hydrogens (tertiary/aromatic N) is 1. The van der Waals surface area contributed by atoms with Crippen LogP contribution in [0.2, 0.25) is 0 Å². The Morgan fingerprint density at radius 1 is 0.939 bits per heavy atom. The molecule has 8 heteroatoms. The highest BCUT2D eigenvalue weighted by Crippen LogP contribution is 2.50. The molecule has 0 unspecified atom stereocenters.